The third-order valence-corrected chi connectivity index (χ3v) is 3.72. The van der Waals surface area contributed by atoms with Crippen LogP contribution in [0.4, 0.5) is 0 Å². The summed E-state index contributed by atoms with van der Waals surface area (Å²) in [5, 5.41) is 0. The third-order valence-electron chi connectivity index (χ3n) is 3.13. The predicted molar refractivity (Wildman–Crippen MR) is 74.5 cm³/mol. The van der Waals surface area contributed by atoms with Crippen molar-refractivity contribution in [3.05, 3.63) is 47.2 Å². The van der Waals surface area contributed by atoms with Crippen molar-refractivity contribution in [1.29, 1.82) is 0 Å². The molecule has 0 fully saturated rings. The van der Waals surface area contributed by atoms with E-state index in [9.17, 15) is 0 Å². The molecule has 19 heavy (non-hydrogen) atoms. The van der Waals surface area contributed by atoms with Gasteiger partial charge in [0.1, 0.15) is 10.4 Å². The number of hydrogen-bond acceptors (Lipinski definition) is 3. The molecule has 3 aromatic rings. The molecule has 0 aliphatic carbocycles. The van der Waals surface area contributed by atoms with Crippen LogP contribution in [0.3, 0.4) is 0 Å². The van der Waals surface area contributed by atoms with E-state index in [1.54, 1.807) is 0 Å². The SMILES string of the molecule is Brc1nc(-c2ccc3c(c2)OCO3)n2ccccc12. The molecule has 3 heterocycles. The fraction of sp³-hybridized carbons (Fsp3) is 0.0714. The van der Waals surface area contributed by atoms with E-state index in [4.69, 9.17) is 9.47 Å². The zero-order valence-corrected chi connectivity index (χ0v) is 11.4. The van der Waals surface area contributed by atoms with Crippen LogP contribution in [0, 0.1) is 0 Å². The van der Waals surface area contributed by atoms with E-state index in [0.717, 1.165) is 33.0 Å². The molecule has 1 aromatic carbocycles. The molecule has 1 aliphatic rings. The van der Waals surface area contributed by atoms with Gasteiger partial charge in [-0.2, -0.15) is 0 Å². The number of aromatic nitrogens is 2. The van der Waals surface area contributed by atoms with Gasteiger partial charge in [-0.15, -0.1) is 0 Å². The van der Waals surface area contributed by atoms with Crippen LogP contribution >= 0.6 is 15.9 Å². The summed E-state index contributed by atoms with van der Waals surface area (Å²) in [6, 6.07) is 11.9. The third kappa shape index (κ3) is 1.62. The number of ether oxygens (including phenoxy) is 2. The maximum atomic E-state index is 5.41. The van der Waals surface area contributed by atoms with Crippen molar-refractivity contribution in [1.82, 2.24) is 9.38 Å². The summed E-state index contributed by atoms with van der Waals surface area (Å²) in [4.78, 5) is 4.57. The number of hydrogen-bond donors (Lipinski definition) is 0. The standard InChI is InChI=1S/C14H9BrN2O2/c15-13-10-3-1-2-6-17(10)14(16-13)9-4-5-11-12(7-9)19-8-18-11/h1-7H,8H2. The lowest BCUT2D eigenvalue weighted by atomic mass is 10.2. The Balaban J connectivity index is 1.95. The lowest BCUT2D eigenvalue weighted by Gasteiger charge is -2.02. The Morgan fingerprint density at radius 2 is 2.00 bits per heavy atom. The molecule has 2 aromatic heterocycles. The molecule has 1 aliphatic heterocycles. The molecular formula is C14H9BrN2O2. The van der Waals surface area contributed by atoms with E-state index < -0.39 is 0 Å². The van der Waals surface area contributed by atoms with E-state index in [2.05, 4.69) is 20.9 Å². The minimum absolute atomic E-state index is 0.283. The summed E-state index contributed by atoms with van der Waals surface area (Å²) in [6.45, 7) is 0.283. The monoisotopic (exact) mass is 316 g/mol. The van der Waals surface area contributed by atoms with Crippen LogP contribution in [0.15, 0.2) is 47.2 Å². The summed E-state index contributed by atoms with van der Waals surface area (Å²) in [6.07, 6.45) is 1.99. The van der Waals surface area contributed by atoms with Crippen LogP contribution in [0.1, 0.15) is 0 Å². The maximum Gasteiger partial charge on any atom is 0.231 e. The zero-order valence-electron chi connectivity index (χ0n) is 9.84. The van der Waals surface area contributed by atoms with Gasteiger partial charge in [-0.1, -0.05) is 6.07 Å². The normalized spacial score (nSPS) is 13.1. The molecule has 5 heteroatoms. The van der Waals surface area contributed by atoms with Crippen LogP contribution in [0.5, 0.6) is 11.5 Å². The molecule has 0 spiro atoms. The Morgan fingerprint density at radius 1 is 1.11 bits per heavy atom. The first-order chi connectivity index (χ1) is 9.33. The van der Waals surface area contributed by atoms with E-state index >= 15 is 0 Å². The summed E-state index contributed by atoms with van der Waals surface area (Å²) < 4.78 is 13.6. The Hall–Kier alpha value is -2.01. The second-order valence-electron chi connectivity index (χ2n) is 4.25. The van der Waals surface area contributed by atoms with Gasteiger partial charge >= 0.3 is 0 Å². The first-order valence-corrected chi connectivity index (χ1v) is 6.65. The van der Waals surface area contributed by atoms with Gasteiger partial charge in [0.25, 0.3) is 0 Å². The lowest BCUT2D eigenvalue weighted by Crippen LogP contribution is -1.93. The molecule has 0 amide bonds. The van der Waals surface area contributed by atoms with Crippen molar-refractivity contribution in [2.24, 2.45) is 0 Å². The first kappa shape index (κ1) is 10.9. The molecule has 4 rings (SSSR count). The quantitative estimate of drug-likeness (QED) is 0.689. The Labute approximate surface area is 117 Å². The number of rotatable bonds is 1. The Kier molecular flexibility index (Phi) is 2.29. The van der Waals surface area contributed by atoms with Gasteiger partial charge in [-0.25, -0.2) is 4.98 Å². The first-order valence-electron chi connectivity index (χ1n) is 5.85. The van der Waals surface area contributed by atoms with E-state index in [-0.39, 0.29) is 6.79 Å². The second-order valence-corrected chi connectivity index (χ2v) is 5.00. The summed E-state index contributed by atoms with van der Waals surface area (Å²) in [7, 11) is 0. The van der Waals surface area contributed by atoms with Crippen molar-refractivity contribution in [2.45, 2.75) is 0 Å². The summed E-state index contributed by atoms with van der Waals surface area (Å²) in [5.41, 5.74) is 2.03. The van der Waals surface area contributed by atoms with Gasteiger partial charge in [-0.3, -0.25) is 4.40 Å². The van der Waals surface area contributed by atoms with E-state index in [0.29, 0.717) is 0 Å². The van der Waals surface area contributed by atoms with E-state index in [1.165, 1.54) is 0 Å². The van der Waals surface area contributed by atoms with Crippen LogP contribution < -0.4 is 9.47 Å². The van der Waals surface area contributed by atoms with Gasteiger partial charge in [-0.05, 0) is 46.3 Å². The van der Waals surface area contributed by atoms with Crippen LogP contribution in [-0.4, -0.2) is 16.2 Å². The summed E-state index contributed by atoms with van der Waals surface area (Å²) >= 11 is 3.49. The molecule has 94 valence electrons. The zero-order chi connectivity index (χ0) is 12.8. The Morgan fingerprint density at radius 3 is 2.95 bits per heavy atom. The highest BCUT2D eigenvalue weighted by molar-refractivity contribution is 9.10. The highest BCUT2D eigenvalue weighted by Crippen LogP contribution is 2.36. The van der Waals surface area contributed by atoms with Crippen molar-refractivity contribution in [3.8, 4) is 22.9 Å². The maximum absolute atomic E-state index is 5.41. The molecule has 0 radical (unpaired) electrons. The van der Waals surface area contributed by atoms with E-state index in [1.807, 2.05) is 47.0 Å². The fourth-order valence-corrected chi connectivity index (χ4v) is 2.73. The van der Waals surface area contributed by atoms with Gasteiger partial charge < -0.3 is 9.47 Å². The largest absolute Gasteiger partial charge is 0.454 e. The molecule has 0 unspecified atom stereocenters. The minimum Gasteiger partial charge on any atom is -0.454 e. The van der Waals surface area contributed by atoms with Crippen molar-refractivity contribution >= 4 is 21.4 Å². The number of imidazole rings is 1. The van der Waals surface area contributed by atoms with Crippen LogP contribution in [0.2, 0.25) is 0 Å². The number of nitrogens with zero attached hydrogens (tertiary/aromatic N) is 2. The van der Waals surface area contributed by atoms with Gasteiger partial charge in [0.2, 0.25) is 6.79 Å². The highest BCUT2D eigenvalue weighted by Gasteiger charge is 2.16. The second kappa shape index (κ2) is 3.99. The van der Waals surface area contributed by atoms with Crippen LogP contribution in [-0.2, 0) is 0 Å². The highest BCUT2D eigenvalue weighted by atomic mass is 79.9. The van der Waals surface area contributed by atoms with Gasteiger partial charge in [0, 0.05) is 11.8 Å². The molecule has 0 saturated heterocycles. The topological polar surface area (TPSA) is 35.8 Å². The van der Waals surface area contributed by atoms with Crippen LogP contribution in [0.25, 0.3) is 16.9 Å². The predicted octanol–water partition coefficient (Wildman–Crippen LogP) is 3.49. The average molecular weight is 317 g/mol. The number of fused-ring (bicyclic) bond motifs is 2. The molecule has 4 nitrogen and oxygen atoms in total. The minimum atomic E-state index is 0.283. The average Bonchev–Trinajstić information content (AvgIpc) is 3.03. The van der Waals surface area contributed by atoms with Gasteiger partial charge in [0.15, 0.2) is 11.5 Å². The molecule has 0 atom stereocenters. The number of pyridine rings is 1. The van der Waals surface area contributed by atoms with Crippen molar-refractivity contribution in [3.63, 3.8) is 0 Å². The molecule has 0 saturated carbocycles. The fourth-order valence-electron chi connectivity index (χ4n) is 2.24. The van der Waals surface area contributed by atoms with Gasteiger partial charge in [0.05, 0.1) is 5.52 Å². The molecule has 0 bridgehead atoms. The Bertz CT molecular complexity index is 782. The number of halogens is 1. The smallest absolute Gasteiger partial charge is 0.231 e. The lowest BCUT2D eigenvalue weighted by molar-refractivity contribution is 0.174. The molecule has 0 N–H and O–H groups in total. The number of benzene rings is 1. The molecular weight excluding hydrogens is 308 g/mol. The van der Waals surface area contributed by atoms with Crippen molar-refractivity contribution < 1.29 is 9.47 Å². The van der Waals surface area contributed by atoms with Crippen molar-refractivity contribution in [2.75, 3.05) is 6.79 Å². The summed E-state index contributed by atoms with van der Waals surface area (Å²) in [5.74, 6) is 2.42.